The van der Waals surface area contributed by atoms with E-state index in [1.807, 2.05) is 6.07 Å². The summed E-state index contributed by atoms with van der Waals surface area (Å²) in [4.78, 5) is 6.72. The van der Waals surface area contributed by atoms with Gasteiger partial charge in [0.1, 0.15) is 0 Å². The van der Waals surface area contributed by atoms with Crippen LogP contribution >= 0.6 is 0 Å². The first-order valence-corrected chi connectivity index (χ1v) is 7.08. The Hall–Kier alpha value is -1.66. The standard InChI is InChI=1S/C14H19N3O3/c18-8-2-1-7-17(11-5-6-11)10-13-15-14(16-20-13)12-4-3-9-19-12/h3-4,9,11,18H,1-2,5-8,10H2. The number of aliphatic hydroxyl groups excluding tert-OH is 1. The first kappa shape index (κ1) is 13.3. The number of unbranched alkanes of at least 4 members (excludes halogenated alkanes) is 1. The third-order valence-corrected chi connectivity index (χ3v) is 3.46. The lowest BCUT2D eigenvalue weighted by Gasteiger charge is -2.19. The molecule has 0 bridgehead atoms. The van der Waals surface area contributed by atoms with E-state index in [4.69, 9.17) is 14.0 Å². The molecular weight excluding hydrogens is 258 g/mol. The van der Waals surface area contributed by atoms with Crippen LogP contribution in [0.1, 0.15) is 31.6 Å². The van der Waals surface area contributed by atoms with Crippen LogP contribution in [0.4, 0.5) is 0 Å². The van der Waals surface area contributed by atoms with Crippen LogP contribution in [0.3, 0.4) is 0 Å². The highest BCUT2D eigenvalue weighted by Gasteiger charge is 2.29. The molecule has 0 radical (unpaired) electrons. The van der Waals surface area contributed by atoms with E-state index in [1.54, 1.807) is 12.3 Å². The Morgan fingerprint density at radius 3 is 2.95 bits per heavy atom. The maximum atomic E-state index is 8.86. The molecule has 0 aliphatic heterocycles. The number of aromatic nitrogens is 2. The molecule has 6 nitrogen and oxygen atoms in total. The monoisotopic (exact) mass is 277 g/mol. The SMILES string of the molecule is OCCCCN(Cc1nc(-c2ccco2)no1)C1CC1. The van der Waals surface area contributed by atoms with Gasteiger partial charge in [0.05, 0.1) is 12.8 Å². The van der Waals surface area contributed by atoms with Gasteiger partial charge in [-0.05, 0) is 44.4 Å². The predicted octanol–water partition coefficient (Wildman–Crippen LogP) is 2.07. The second kappa shape index (κ2) is 6.19. The fourth-order valence-electron chi connectivity index (χ4n) is 2.26. The summed E-state index contributed by atoms with van der Waals surface area (Å²) in [5.74, 6) is 1.74. The van der Waals surface area contributed by atoms with Crippen LogP contribution in [0.25, 0.3) is 11.6 Å². The summed E-state index contributed by atoms with van der Waals surface area (Å²) in [5.41, 5.74) is 0. The zero-order chi connectivity index (χ0) is 13.8. The summed E-state index contributed by atoms with van der Waals surface area (Å²) in [5, 5.41) is 12.8. The van der Waals surface area contributed by atoms with Crippen molar-refractivity contribution in [3.8, 4) is 11.6 Å². The molecule has 0 aromatic carbocycles. The van der Waals surface area contributed by atoms with Gasteiger partial charge >= 0.3 is 0 Å². The van der Waals surface area contributed by atoms with Gasteiger partial charge in [0.15, 0.2) is 5.76 Å². The van der Waals surface area contributed by atoms with E-state index in [-0.39, 0.29) is 6.61 Å². The molecule has 0 unspecified atom stereocenters. The van der Waals surface area contributed by atoms with Crippen molar-refractivity contribution in [1.29, 1.82) is 0 Å². The van der Waals surface area contributed by atoms with Crippen molar-refractivity contribution in [2.24, 2.45) is 0 Å². The molecule has 0 saturated heterocycles. The largest absolute Gasteiger partial charge is 0.461 e. The molecule has 2 heterocycles. The number of furan rings is 1. The molecule has 1 aliphatic carbocycles. The molecule has 20 heavy (non-hydrogen) atoms. The molecule has 2 aromatic rings. The van der Waals surface area contributed by atoms with Gasteiger partial charge in [0, 0.05) is 12.6 Å². The third kappa shape index (κ3) is 3.26. The highest BCUT2D eigenvalue weighted by atomic mass is 16.5. The summed E-state index contributed by atoms with van der Waals surface area (Å²) in [6.45, 7) is 1.88. The van der Waals surface area contributed by atoms with Gasteiger partial charge in [-0.2, -0.15) is 4.98 Å². The highest BCUT2D eigenvalue weighted by Crippen LogP contribution is 2.28. The van der Waals surface area contributed by atoms with Gasteiger partial charge in [-0.3, -0.25) is 4.90 Å². The lowest BCUT2D eigenvalue weighted by Crippen LogP contribution is -2.27. The van der Waals surface area contributed by atoms with Crippen molar-refractivity contribution in [3.63, 3.8) is 0 Å². The molecule has 1 fully saturated rings. The Morgan fingerprint density at radius 1 is 1.35 bits per heavy atom. The molecule has 1 aliphatic rings. The zero-order valence-corrected chi connectivity index (χ0v) is 11.4. The highest BCUT2D eigenvalue weighted by molar-refractivity contribution is 5.44. The zero-order valence-electron chi connectivity index (χ0n) is 11.4. The Bertz CT molecular complexity index is 520. The van der Waals surface area contributed by atoms with Crippen LogP contribution in [0.2, 0.25) is 0 Å². The van der Waals surface area contributed by atoms with Crippen molar-refractivity contribution in [2.75, 3.05) is 13.2 Å². The van der Waals surface area contributed by atoms with Crippen molar-refractivity contribution >= 4 is 0 Å². The number of rotatable bonds is 8. The fourth-order valence-corrected chi connectivity index (χ4v) is 2.26. The molecular formula is C14H19N3O3. The number of nitrogens with zero attached hydrogens (tertiary/aromatic N) is 3. The molecule has 0 amide bonds. The minimum Gasteiger partial charge on any atom is -0.461 e. The topological polar surface area (TPSA) is 75.5 Å². The van der Waals surface area contributed by atoms with Crippen molar-refractivity contribution in [3.05, 3.63) is 24.3 Å². The molecule has 108 valence electrons. The van der Waals surface area contributed by atoms with Gasteiger partial charge in [-0.1, -0.05) is 5.16 Å². The van der Waals surface area contributed by atoms with E-state index in [0.717, 1.165) is 19.4 Å². The molecule has 2 aromatic heterocycles. The second-order valence-corrected chi connectivity index (χ2v) is 5.12. The Balaban J connectivity index is 1.60. The van der Waals surface area contributed by atoms with Gasteiger partial charge in [-0.25, -0.2) is 0 Å². The fraction of sp³-hybridized carbons (Fsp3) is 0.571. The van der Waals surface area contributed by atoms with Gasteiger partial charge in [0.25, 0.3) is 0 Å². The van der Waals surface area contributed by atoms with E-state index in [0.29, 0.717) is 30.1 Å². The average Bonchev–Trinajstić information content (AvgIpc) is 2.97. The Morgan fingerprint density at radius 2 is 2.25 bits per heavy atom. The van der Waals surface area contributed by atoms with E-state index in [2.05, 4.69) is 15.0 Å². The molecule has 1 saturated carbocycles. The Kier molecular flexibility index (Phi) is 4.13. The van der Waals surface area contributed by atoms with Gasteiger partial charge in [-0.15, -0.1) is 0 Å². The van der Waals surface area contributed by atoms with Gasteiger partial charge < -0.3 is 14.0 Å². The maximum absolute atomic E-state index is 8.86. The van der Waals surface area contributed by atoms with Crippen molar-refractivity contribution < 1.29 is 14.0 Å². The van der Waals surface area contributed by atoms with Crippen LogP contribution in [0.5, 0.6) is 0 Å². The summed E-state index contributed by atoms with van der Waals surface area (Å²) in [6.07, 6.45) is 5.89. The summed E-state index contributed by atoms with van der Waals surface area (Å²) < 4.78 is 10.5. The molecule has 0 spiro atoms. The van der Waals surface area contributed by atoms with Crippen LogP contribution in [-0.2, 0) is 6.54 Å². The number of hydrogen-bond donors (Lipinski definition) is 1. The summed E-state index contributed by atoms with van der Waals surface area (Å²) >= 11 is 0. The van der Waals surface area contributed by atoms with E-state index in [1.165, 1.54) is 12.8 Å². The normalized spacial score (nSPS) is 15.1. The van der Waals surface area contributed by atoms with Crippen molar-refractivity contribution in [1.82, 2.24) is 15.0 Å². The Labute approximate surface area is 117 Å². The molecule has 1 N–H and O–H groups in total. The summed E-state index contributed by atoms with van der Waals surface area (Å²) in [6, 6.07) is 4.25. The first-order valence-electron chi connectivity index (χ1n) is 7.08. The first-order chi connectivity index (χ1) is 9.86. The molecule has 0 atom stereocenters. The van der Waals surface area contributed by atoms with Crippen LogP contribution in [0, 0.1) is 0 Å². The lowest BCUT2D eigenvalue weighted by molar-refractivity contribution is 0.203. The van der Waals surface area contributed by atoms with E-state index >= 15 is 0 Å². The minimum absolute atomic E-state index is 0.252. The predicted molar refractivity (Wildman–Crippen MR) is 71.8 cm³/mol. The van der Waals surface area contributed by atoms with E-state index in [9.17, 15) is 0 Å². The van der Waals surface area contributed by atoms with Crippen LogP contribution < -0.4 is 0 Å². The average molecular weight is 277 g/mol. The summed E-state index contributed by atoms with van der Waals surface area (Å²) in [7, 11) is 0. The number of aliphatic hydroxyl groups is 1. The molecule has 6 heteroatoms. The van der Waals surface area contributed by atoms with E-state index < -0.39 is 0 Å². The van der Waals surface area contributed by atoms with Crippen LogP contribution in [-0.4, -0.2) is 39.3 Å². The van der Waals surface area contributed by atoms with Crippen molar-refractivity contribution in [2.45, 2.75) is 38.3 Å². The van der Waals surface area contributed by atoms with Gasteiger partial charge in [0.2, 0.25) is 11.7 Å². The third-order valence-electron chi connectivity index (χ3n) is 3.46. The maximum Gasteiger partial charge on any atom is 0.241 e. The molecule has 3 rings (SSSR count). The number of hydrogen-bond acceptors (Lipinski definition) is 6. The van der Waals surface area contributed by atoms with Crippen LogP contribution in [0.15, 0.2) is 27.3 Å². The lowest BCUT2D eigenvalue weighted by atomic mass is 10.3. The second-order valence-electron chi connectivity index (χ2n) is 5.12. The minimum atomic E-state index is 0.252. The quantitative estimate of drug-likeness (QED) is 0.744. The smallest absolute Gasteiger partial charge is 0.241 e.